The molecule has 0 spiro atoms. The first kappa shape index (κ1) is 12.9. The molecule has 3 fully saturated rings. The van der Waals surface area contributed by atoms with Gasteiger partial charge in [-0.25, -0.2) is 4.98 Å². The lowest BCUT2D eigenvalue weighted by Crippen LogP contribution is -2.47. The van der Waals surface area contributed by atoms with E-state index < -0.39 is 0 Å². The Labute approximate surface area is 116 Å². The van der Waals surface area contributed by atoms with Crippen molar-refractivity contribution in [3.05, 3.63) is 23.4 Å². The van der Waals surface area contributed by atoms with Gasteiger partial charge in [-0.05, 0) is 64.1 Å². The number of aryl methyl sites for hydroxylation is 1. The topological polar surface area (TPSA) is 25.4 Å². The number of hydrogen-bond donors (Lipinski definition) is 0. The number of fused-ring (bicyclic) bond motifs is 3. The lowest BCUT2D eigenvalue weighted by Gasteiger charge is -2.50. The summed E-state index contributed by atoms with van der Waals surface area (Å²) in [5.41, 5.74) is 2.53. The summed E-state index contributed by atoms with van der Waals surface area (Å²) in [5.74, 6) is 1.60. The van der Waals surface area contributed by atoms with Crippen LogP contribution in [0.3, 0.4) is 0 Å². The molecule has 1 atom stereocenters. The van der Waals surface area contributed by atoms with Crippen LogP contribution in [-0.4, -0.2) is 29.6 Å². The quantitative estimate of drug-likeness (QED) is 0.833. The largest absolute Gasteiger partial charge is 0.478 e. The Bertz CT molecular complexity index is 450. The minimum Gasteiger partial charge on any atom is -0.478 e. The van der Waals surface area contributed by atoms with Crippen LogP contribution in [0.25, 0.3) is 0 Å². The average Bonchev–Trinajstić information content (AvgIpc) is 2.43. The van der Waals surface area contributed by atoms with Gasteiger partial charge in [0.15, 0.2) is 0 Å². The van der Waals surface area contributed by atoms with E-state index in [1.54, 1.807) is 0 Å². The van der Waals surface area contributed by atoms with Crippen LogP contribution in [0, 0.1) is 12.8 Å². The van der Waals surface area contributed by atoms with Crippen LogP contribution in [-0.2, 0) is 0 Å². The highest BCUT2D eigenvalue weighted by molar-refractivity contribution is 5.31. The molecule has 0 N–H and O–H groups in total. The average molecular weight is 260 g/mol. The summed E-state index contributed by atoms with van der Waals surface area (Å²) in [6.07, 6.45) is 7.54. The molecule has 1 aromatic heterocycles. The highest BCUT2D eigenvalue weighted by Gasteiger charge is 2.40. The van der Waals surface area contributed by atoms with Gasteiger partial charge in [-0.2, -0.15) is 0 Å². The molecular formula is C16H24N2O. The molecule has 3 heterocycles. The molecule has 1 unspecified atom stereocenters. The van der Waals surface area contributed by atoms with E-state index in [-0.39, 0.29) is 0 Å². The second-order valence-corrected chi connectivity index (χ2v) is 6.00. The molecule has 4 rings (SSSR count). The molecule has 3 nitrogen and oxygen atoms in total. The predicted molar refractivity (Wildman–Crippen MR) is 76.4 cm³/mol. The summed E-state index contributed by atoms with van der Waals surface area (Å²) in [6, 6.07) is 3.62. The van der Waals surface area contributed by atoms with E-state index in [9.17, 15) is 0 Å². The van der Waals surface area contributed by atoms with E-state index in [2.05, 4.69) is 29.9 Å². The van der Waals surface area contributed by atoms with Crippen molar-refractivity contribution in [2.75, 3.05) is 13.7 Å². The number of hydrogen-bond acceptors (Lipinski definition) is 3. The molecule has 3 heteroatoms. The van der Waals surface area contributed by atoms with Gasteiger partial charge >= 0.3 is 0 Å². The number of nitrogens with zero attached hydrogens (tertiary/aromatic N) is 2. The van der Waals surface area contributed by atoms with Gasteiger partial charge in [0, 0.05) is 23.8 Å². The van der Waals surface area contributed by atoms with E-state index >= 15 is 0 Å². The molecule has 0 amide bonds. The highest BCUT2D eigenvalue weighted by atomic mass is 16.5. The fourth-order valence-corrected chi connectivity index (χ4v) is 3.93. The van der Waals surface area contributed by atoms with Gasteiger partial charge in [-0.3, -0.25) is 4.90 Å². The van der Waals surface area contributed by atoms with Crippen molar-refractivity contribution in [3.63, 3.8) is 0 Å². The third-order valence-electron chi connectivity index (χ3n) is 4.88. The molecule has 0 aromatic carbocycles. The summed E-state index contributed by atoms with van der Waals surface area (Å²) in [6.45, 7) is 4.78. The second kappa shape index (κ2) is 5.12. The fourth-order valence-electron chi connectivity index (χ4n) is 3.93. The molecule has 2 saturated heterocycles. The fraction of sp³-hybridized carbons (Fsp3) is 0.688. The number of aromatic nitrogens is 1. The summed E-state index contributed by atoms with van der Waals surface area (Å²) in [5, 5.41) is 0. The van der Waals surface area contributed by atoms with Crippen LogP contribution >= 0.6 is 0 Å². The van der Waals surface area contributed by atoms with Crippen molar-refractivity contribution < 1.29 is 4.74 Å². The van der Waals surface area contributed by atoms with Crippen LogP contribution in [0.2, 0.25) is 0 Å². The molecule has 19 heavy (non-hydrogen) atoms. The molecule has 0 radical (unpaired) electrons. The maximum absolute atomic E-state index is 5.54. The SMILES string of the molecule is CCOc1ncc(C2C3CCC(CC3)N2C)cc1C. The minimum atomic E-state index is 0.564. The Morgan fingerprint density at radius 2 is 2.05 bits per heavy atom. The van der Waals surface area contributed by atoms with Crippen molar-refractivity contribution in [2.45, 2.75) is 51.6 Å². The van der Waals surface area contributed by atoms with Crippen molar-refractivity contribution in [1.29, 1.82) is 0 Å². The summed E-state index contributed by atoms with van der Waals surface area (Å²) < 4.78 is 5.54. The monoisotopic (exact) mass is 260 g/mol. The Morgan fingerprint density at radius 3 is 2.63 bits per heavy atom. The molecule has 1 aromatic rings. The molecule has 1 saturated carbocycles. The van der Waals surface area contributed by atoms with E-state index in [1.807, 2.05) is 13.1 Å². The van der Waals surface area contributed by atoms with Crippen LogP contribution in [0.1, 0.15) is 49.8 Å². The molecular weight excluding hydrogens is 236 g/mol. The van der Waals surface area contributed by atoms with Gasteiger partial charge in [0.25, 0.3) is 0 Å². The number of piperidine rings is 2. The van der Waals surface area contributed by atoms with Gasteiger partial charge in [-0.15, -0.1) is 0 Å². The number of pyridine rings is 1. The first-order chi connectivity index (χ1) is 9.20. The van der Waals surface area contributed by atoms with E-state index in [0.717, 1.165) is 23.4 Å². The van der Waals surface area contributed by atoms with Crippen LogP contribution in [0.15, 0.2) is 12.3 Å². The van der Waals surface area contributed by atoms with E-state index in [4.69, 9.17) is 4.74 Å². The Balaban J connectivity index is 1.87. The Morgan fingerprint density at radius 1 is 1.32 bits per heavy atom. The van der Waals surface area contributed by atoms with Crippen molar-refractivity contribution >= 4 is 0 Å². The molecule has 1 aliphatic carbocycles. The maximum atomic E-state index is 5.54. The van der Waals surface area contributed by atoms with Crippen LogP contribution in [0.5, 0.6) is 5.88 Å². The zero-order valence-corrected chi connectivity index (χ0v) is 12.2. The minimum absolute atomic E-state index is 0.564. The normalized spacial score (nSPS) is 30.6. The Kier molecular flexibility index (Phi) is 3.48. The molecule has 104 valence electrons. The molecule has 2 aliphatic heterocycles. The molecule has 2 bridgehead atoms. The second-order valence-electron chi connectivity index (χ2n) is 6.00. The van der Waals surface area contributed by atoms with Crippen molar-refractivity contribution in [2.24, 2.45) is 5.92 Å². The van der Waals surface area contributed by atoms with Gasteiger partial charge in [-0.1, -0.05) is 0 Å². The summed E-state index contributed by atoms with van der Waals surface area (Å²) >= 11 is 0. The van der Waals surface area contributed by atoms with Crippen LogP contribution in [0.4, 0.5) is 0 Å². The van der Waals surface area contributed by atoms with Gasteiger partial charge in [0.2, 0.25) is 5.88 Å². The number of rotatable bonds is 3. The van der Waals surface area contributed by atoms with Crippen molar-refractivity contribution in [3.8, 4) is 5.88 Å². The van der Waals surface area contributed by atoms with Crippen LogP contribution < -0.4 is 4.74 Å². The highest BCUT2D eigenvalue weighted by Crippen LogP contribution is 2.46. The van der Waals surface area contributed by atoms with E-state index in [1.165, 1.54) is 31.2 Å². The smallest absolute Gasteiger partial charge is 0.216 e. The van der Waals surface area contributed by atoms with E-state index in [0.29, 0.717) is 12.6 Å². The zero-order chi connectivity index (χ0) is 13.4. The number of ether oxygens (including phenoxy) is 1. The third-order valence-corrected chi connectivity index (χ3v) is 4.88. The summed E-state index contributed by atoms with van der Waals surface area (Å²) in [7, 11) is 2.28. The summed E-state index contributed by atoms with van der Waals surface area (Å²) in [4.78, 5) is 7.09. The predicted octanol–water partition coefficient (Wildman–Crippen LogP) is 3.33. The zero-order valence-electron chi connectivity index (χ0n) is 12.2. The third kappa shape index (κ3) is 2.25. The standard InChI is InChI=1S/C16H24N2O/c1-4-19-16-11(2)9-13(10-17-16)15-12-5-7-14(8-6-12)18(15)3/h9-10,12,14-15H,4-8H2,1-3H3. The lowest BCUT2D eigenvalue weighted by atomic mass is 9.73. The first-order valence-corrected chi connectivity index (χ1v) is 7.52. The van der Waals surface area contributed by atoms with Gasteiger partial charge in [0.05, 0.1) is 6.61 Å². The van der Waals surface area contributed by atoms with Gasteiger partial charge in [0.1, 0.15) is 0 Å². The Hall–Kier alpha value is -1.09. The van der Waals surface area contributed by atoms with Gasteiger partial charge < -0.3 is 4.74 Å². The van der Waals surface area contributed by atoms with Crippen molar-refractivity contribution in [1.82, 2.24) is 9.88 Å². The first-order valence-electron chi connectivity index (χ1n) is 7.52. The lowest BCUT2D eigenvalue weighted by molar-refractivity contribution is 0.00708. The maximum Gasteiger partial charge on any atom is 0.216 e. The molecule has 3 aliphatic rings.